The summed E-state index contributed by atoms with van der Waals surface area (Å²) in [6, 6.07) is 5.14. The van der Waals surface area contributed by atoms with Crippen molar-refractivity contribution in [2.45, 2.75) is 26.3 Å². The van der Waals surface area contributed by atoms with E-state index in [9.17, 15) is 4.39 Å². The van der Waals surface area contributed by atoms with Gasteiger partial charge in [0.25, 0.3) is 0 Å². The van der Waals surface area contributed by atoms with Gasteiger partial charge in [0, 0.05) is 18.7 Å². The summed E-state index contributed by atoms with van der Waals surface area (Å²) >= 11 is 5.76. The van der Waals surface area contributed by atoms with E-state index in [1.165, 1.54) is 25.9 Å². The summed E-state index contributed by atoms with van der Waals surface area (Å²) < 4.78 is 13.7. The smallest absolute Gasteiger partial charge is 0.146 e. The molecule has 0 bridgehead atoms. The van der Waals surface area contributed by atoms with E-state index in [1.807, 2.05) is 0 Å². The zero-order valence-electron chi connectivity index (χ0n) is 11.5. The lowest BCUT2D eigenvalue weighted by atomic mass is 10.1. The molecule has 0 saturated carbocycles. The van der Waals surface area contributed by atoms with Crippen LogP contribution in [0, 0.1) is 11.7 Å². The zero-order chi connectivity index (χ0) is 13.7. The SMILES string of the molecule is CC(CNCc1cccc(Cl)c1F)CN1CCCC1. The van der Waals surface area contributed by atoms with Gasteiger partial charge in [-0.1, -0.05) is 30.7 Å². The predicted octanol–water partition coefficient (Wildman–Crippen LogP) is 3.30. The molecule has 0 spiro atoms. The molecule has 1 fully saturated rings. The topological polar surface area (TPSA) is 15.3 Å². The molecule has 1 atom stereocenters. The Bertz CT molecular complexity index is 405. The van der Waals surface area contributed by atoms with E-state index in [0.717, 1.165) is 13.1 Å². The normalized spacial score (nSPS) is 17.8. The van der Waals surface area contributed by atoms with Gasteiger partial charge in [0.15, 0.2) is 0 Å². The Labute approximate surface area is 119 Å². The van der Waals surface area contributed by atoms with Gasteiger partial charge in [-0.05, 0) is 44.5 Å². The molecule has 0 aromatic heterocycles. The van der Waals surface area contributed by atoms with Crippen molar-refractivity contribution in [2.24, 2.45) is 5.92 Å². The number of likely N-dealkylation sites (tertiary alicyclic amines) is 1. The van der Waals surface area contributed by atoms with Crippen LogP contribution >= 0.6 is 11.6 Å². The summed E-state index contributed by atoms with van der Waals surface area (Å²) in [5, 5.41) is 3.52. The van der Waals surface area contributed by atoms with Gasteiger partial charge in [-0.25, -0.2) is 4.39 Å². The average molecular weight is 285 g/mol. The highest BCUT2D eigenvalue weighted by Crippen LogP contribution is 2.17. The lowest BCUT2D eigenvalue weighted by molar-refractivity contribution is 0.282. The van der Waals surface area contributed by atoms with E-state index < -0.39 is 0 Å². The van der Waals surface area contributed by atoms with Gasteiger partial charge in [-0.3, -0.25) is 0 Å². The number of benzene rings is 1. The van der Waals surface area contributed by atoms with Gasteiger partial charge in [-0.2, -0.15) is 0 Å². The van der Waals surface area contributed by atoms with Crippen LogP contribution in [0.15, 0.2) is 18.2 Å². The Kier molecular flexibility index (Phi) is 5.61. The molecule has 1 aromatic rings. The molecule has 0 aliphatic carbocycles. The number of halogens is 2. The first-order chi connectivity index (χ1) is 9.16. The van der Waals surface area contributed by atoms with Crippen molar-refractivity contribution in [1.29, 1.82) is 0 Å². The summed E-state index contributed by atoms with van der Waals surface area (Å²) in [7, 11) is 0. The second-order valence-electron chi connectivity index (χ2n) is 5.46. The molecule has 1 aliphatic rings. The Morgan fingerprint density at radius 1 is 1.37 bits per heavy atom. The fourth-order valence-electron chi connectivity index (χ4n) is 2.61. The monoisotopic (exact) mass is 284 g/mol. The van der Waals surface area contributed by atoms with Crippen LogP contribution in [-0.4, -0.2) is 31.1 Å². The van der Waals surface area contributed by atoms with Crippen LogP contribution in [0.5, 0.6) is 0 Å². The quantitative estimate of drug-likeness (QED) is 0.862. The van der Waals surface area contributed by atoms with Crippen molar-refractivity contribution in [3.8, 4) is 0 Å². The standard InChI is InChI=1S/C15H22ClFN2/c1-12(11-19-7-2-3-8-19)9-18-10-13-5-4-6-14(16)15(13)17/h4-6,12,18H,2-3,7-11H2,1H3. The molecule has 1 unspecified atom stereocenters. The highest BCUT2D eigenvalue weighted by molar-refractivity contribution is 6.30. The Morgan fingerprint density at radius 2 is 2.11 bits per heavy atom. The summed E-state index contributed by atoms with van der Waals surface area (Å²) in [5.41, 5.74) is 0.640. The Morgan fingerprint density at radius 3 is 2.84 bits per heavy atom. The number of rotatable bonds is 6. The minimum absolute atomic E-state index is 0.199. The fourth-order valence-corrected chi connectivity index (χ4v) is 2.80. The van der Waals surface area contributed by atoms with Crippen molar-refractivity contribution < 1.29 is 4.39 Å². The third-order valence-electron chi connectivity index (χ3n) is 3.61. The number of nitrogens with one attached hydrogen (secondary N) is 1. The van der Waals surface area contributed by atoms with E-state index in [-0.39, 0.29) is 10.8 Å². The van der Waals surface area contributed by atoms with Gasteiger partial charge in [0.1, 0.15) is 5.82 Å². The summed E-state index contributed by atoms with van der Waals surface area (Å²) in [4.78, 5) is 2.51. The van der Waals surface area contributed by atoms with Gasteiger partial charge >= 0.3 is 0 Å². The van der Waals surface area contributed by atoms with E-state index in [4.69, 9.17) is 11.6 Å². The molecule has 1 saturated heterocycles. The molecule has 106 valence electrons. The Hall–Kier alpha value is -0.640. The van der Waals surface area contributed by atoms with Crippen LogP contribution in [0.3, 0.4) is 0 Å². The van der Waals surface area contributed by atoms with E-state index >= 15 is 0 Å². The molecule has 2 nitrogen and oxygen atoms in total. The molecule has 4 heteroatoms. The maximum Gasteiger partial charge on any atom is 0.146 e. The number of hydrogen-bond acceptors (Lipinski definition) is 2. The number of nitrogens with zero attached hydrogens (tertiary/aromatic N) is 1. The minimum atomic E-state index is -0.302. The lowest BCUT2D eigenvalue weighted by Gasteiger charge is -2.20. The highest BCUT2D eigenvalue weighted by atomic mass is 35.5. The first-order valence-electron chi connectivity index (χ1n) is 7.03. The molecule has 19 heavy (non-hydrogen) atoms. The van der Waals surface area contributed by atoms with Crippen LogP contribution in [-0.2, 0) is 6.54 Å². The zero-order valence-corrected chi connectivity index (χ0v) is 12.2. The molecule has 2 rings (SSSR count). The molecule has 0 radical (unpaired) electrons. The third-order valence-corrected chi connectivity index (χ3v) is 3.90. The lowest BCUT2D eigenvalue weighted by Crippen LogP contribution is -2.31. The Balaban J connectivity index is 1.72. The van der Waals surface area contributed by atoms with Gasteiger partial charge < -0.3 is 10.2 Å². The van der Waals surface area contributed by atoms with Crippen LogP contribution in [0.25, 0.3) is 0 Å². The van der Waals surface area contributed by atoms with Crippen LogP contribution in [0.1, 0.15) is 25.3 Å². The minimum Gasteiger partial charge on any atom is -0.312 e. The fraction of sp³-hybridized carbons (Fsp3) is 0.600. The maximum absolute atomic E-state index is 13.7. The molecular weight excluding hydrogens is 263 g/mol. The molecule has 1 aliphatic heterocycles. The first-order valence-corrected chi connectivity index (χ1v) is 7.40. The van der Waals surface area contributed by atoms with Crippen LogP contribution in [0.2, 0.25) is 5.02 Å². The van der Waals surface area contributed by atoms with Gasteiger partial charge in [0.05, 0.1) is 5.02 Å². The second-order valence-corrected chi connectivity index (χ2v) is 5.86. The second kappa shape index (κ2) is 7.22. The van der Waals surface area contributed by atoms with Crippen molar-refractivity contribution in [1.82, 2.24) is 10.2 Å². The van der Waals surface area contributed by atoms with Crippen molar-refractivity contribution in [2.75, 3.05) is 26.2 Å². The maximum atomic E-state index is 13.7. The van der Waals surface area contributed by atoms with E-state index in [0.29, 0.717) is 18.0 Å². The molecule has 1 N–H and O–H groups in total. The van der Waals surface area contributed by atoms with Crippen molar-refractivity contribution in [3.63, 3.8) is 0 Å². The van der Waals surface area contributed by atoms with Crippen molar-refractivity contribution >= 4 is 11.6 Å². The molecular formula is C15H22ClFN2. The molecule has 1 aromatic carbocycles. The van der Waals surface area contributed by atoms with Crippen LogP contribution < -0.4 is 5.32 Å². The van der Waals surface area contributed by atoms with Gasteiger partial charge in [0.2, 0.25) is 0 Å². The number of hydrogen-bond donors (Lipinski definition) is 1. The summed E-state index contributed by atoms with van der Waals surface area (Å²) in [6.45, 7) is 7.27. The van der Waals surface area contributed by atoms with Crippen LogP contribution in [0.4, 0.5) is 4.39 Å². The molecule has 1 heterocycles. The van der Waals surface area contributed by atoms with E-state index in [1.54, 1.807) is 18.2 Å². The largest absolute Gasteiger partial charge is 0.312 e. The van der Waals surface area contributed by atoms with Gasteiger partial charge in [-0.15, -0.1) is 0 Å². The average Bonchev–Trinajstić information content (AvgIpc) is 2.87. The van der Waals surface area contributed by atoms with Crippen molar-refractivity contribution in [3.05, 3.63) is 34.6 Å². The first kappa shape index (κ1) is 14.8. The molecule has 0 amide bonds. The summed E-state index contributed by atoms with van der Waals surface area (Å²) in [5.74, 6) is 0.282. The third kappa shape index (κ3) is 4.44. The predicted molar refractivity (Wildman–Crippen MR) is 78.0 cm³/mol. The van der Waals surface area contributed by atoms with E-state index in [2.05, 4.69) is 17.1 Å². The highest BCUT2D eigenvalue weighted by Gasteiger charge is 2.14. The summed E-state index contributed by atoms with van der Waals surface area (Å²) in [6.07, 6.45) is 2.65.